The van der Waals surface area contributed by atoms with Gasteiger partial charge in [0, 0.05) is 18.7 Å². The lowest BCUT2D eigenvalue weighted by Crippen LogP contribution is -2.30. The second-order valence-electron chi connectivity index (χ2n) is 9.83. The van der Waals surface area contributed by atoms with Gasteiger partial charge in [0.2, 0.25) is 0 Å². The first kappa shape index (κ1) is 35.4. The van der Waals surface area contributed by atoms with Crippen molar-refractivity contribution in [1.29, 1.82) is 0 Å². The number of nitrogens with zero attached hydrogens (tertiary/aromatic N) is 1. The molecule has 3 rings (SSSR count). The molecule has 246 valence electrons. The predicted octanol–water partition coefficient (Wildman–Crippen LogP) is 9.85. The normalized spacial score (nSPS) is 13.4. The highest BCUT2D eigenvalue weighted by atomic mass is 19.4. The highest BCUT2D eigenvalue weighted by Crippen LogP contribution is 2.42. The Labute approximate surface area is 248 Å². The first-order chi connectivity index (χ1) is 20.6. The van der Waals surface area contributed by atoms with E-state index in [4.69, 9.17) is 4.74 Å². The number of hydrogen-bond donors (Lipinski definition) is 0. The van der Waals surface area contributed by atoms with Crippen molar-refractivity contribution >= 4 is 6.09 Å². The van der Waals surface area contributed by atoms with Crippen LogP contribution in [0.5, 0.6) is 5.75 Å². The molecular weight excluding hydrogens is 638 g/mol. The van der Waals surface area contributed by atoms with E-state index in [2.05, 4.69) is 4.74 Å². The molecule has 1 amide bonds. The summed E-state index contributed by atoms with van der Waals surface area (Å²) in [5.74, 6) is -2.10. The molecule has 0 N–H and O–H groups in total. The van der Waals surface area contributed by atoms with Crippen LogP contribution in [0.1, 0.15) is 46.2 Å². The van der Waals surface area contributed by atoms with Crippen LogP contribution in [0.3, 0.4) is 0 Å². The zero-order chi connectivity index (χ0) is 34.1. The Morgan fingerprint density at radius 1 is 0.689 bits per heavy atom. The second-order valence-corrected chi connectivity index (χ2v) is 9.83. The minimum atomic E-state index is -5.23. The van der Waals surface area contributed by atoms with E-state index in [-0.39, 0.29) is 34.1 Å². The highest BCUT2D eigenvalue weighted by molar-refractivity contribution is 5.76. The third-order valence-corrected chi connectivity index (χ3v) is 6.75. The lowest BCUT2D eigenvalue weighted by Gasteiger charge is -2.25. The average molecular weight is 661 g/mol. The number of carbonyl (C=O) groups is 1. The van der Waals surface area contributed by atoms with Gasteiger partial charge in [0.1, 0.15) is 5.75 Å². The Bertz CT molecular complexity index is 1490. The number of rotatable bonds is 7. The molecule has 45 heavy (non-hydrogen) atoms. The van der Waals surface area contributed by atoms with Crippen LogP contribution in [0.15, 0.2) is 54.6 Å². The van der Waals surface area contributed by atoms with E-state index in [0.717, 1.165) is 45.4 Å². The van der Waals surface area contributed by atoms with Gasteiger partial charge in [0.05, 0.1) is 36.8 Å². The first-order valence-electron chi connectivity index (χ1n) is 12.6. The van der Waals surface area contributed by atoms with Gasteiger partial charge < -0.3 is 9.47 Å². The number of alkyl halides is 12. The van der Waals surface area contributed by atoms with Gasteiger partial charge in [-0.15, -0.1) is 0 Å². The monoisotopic (exact) mass is 661 g/mol. The molecule has 0 aliphatic heterocycles. The van der Waals surface area contributed by atoms with Gasteiger partial charge in [-0.25, -0.2) is 4.79 Å². The summed E-state index contributed by atoms with van der Waals surface area (Å²) in [4.78, 5) is 13.2. The molecule has 0 bridgehead atoms. The van der Waals surface area contributed by atoms with E-state index in [0.29, 0.717) is 29.2 Å². The van der Waals surface area contributed by atoms with Gasteiger partial charge in [0.15, 0.2) is 0 Å². The van der Waals surface area contributed by atoms with Gasteiger partial charge in [-0.05, 0) is 71.6 Å². The van der Waals surface area contributed by atoms with Crippen molar-refractivity contribution in [2.45, 2.75) is 50.6 Å². The maximum atomic E-state index is 13.7. The lowest BCUT2D eigenvalue weighted by molar-refractivity contribution is -0.146. The van der Waals surface area contributed by atoms with Gasteiger partial charge in [-0.3, -0.25) is 4.90 Å². The summed E-state index contributed by atoms with van der Waals surface area (Å²) in [6, 6.07) is 5.86. The summed E-state index contributed by atoms with van der Waals surface area (Å²) < 4.78 is 172. The molecule has 3 aromatic carbocycles. The summed E-state index contributed by atoms with van der Waals surface area (Å²) in [6.45, 7) is -1.02. The van der Waals surface area contributed by atoms with E-state index >= 15 is 0 Å². The van der Waals surface area contributed by atoms with Crippen molar-refractivity contribution in [3.8, 4) is 16.9 Å². The minimum Gasteiger partial charge on any atom is -0.496 e. The van der Waals surface area contributed by atoms with E-state index in [9.17, 15) is 57.5 Å². The zero-order valence-electron chi connectivity index (χ0n) is 23.4. The van der Waals surface area contributed by atoms with Crippen LogP contribution in [0.25, 0.3) is 11.1 Å². The lowest BCUT2D eigenvalue weighted by atomic mass is 9.91. The van der Waals surface area contributed by atoms with Crippen LogP contribution < -0.4 is 4.74 Å². The molecule has 1 unspecified atom stereocenters. The van der Waals surface area contributed by atoms with E-state index in [1.807, 2.05) is 0 Å². The van der Waals surface area contributed by atoms with Crippen molar-refractivity contribution in [3.63, 3.8) is 0 Å². The first-order valence-corrected chi connectivity index (χ1v) is 12.6. The molecule has 0 aliphatic rings. The molecule has 0 fully saturated rings. The predicted molar refractivity (Wildman–Crippen MR) is 136 cm³/mol. The Balaban J connectivity index is 2.22. The molecule has 1 atom stereocenters. The molecule has 3 aromatic rings. The molecule has 0 saturated heterocycles. The van der Waals surface area contributed by atoms with Crippen LogP contribution in [-0.2, 0) is 36.4 Å². The van der Waals surface area contributed by atoms with Gasteiger partial charge in [-0.2, -0.15) is 52.7 Å². The third kappa shape index (κ3) is 8.54. The quantitative estimate of drug-likeness (QED) is 0.237. The van der Waals surface area contributed by atoms with Gasteiger partial charge in [0.25, 0.3) is 0 Å². The molecule has 0 spiro atoms. The fourth-order valence-corrected chi connectivity index (χ4v) is 4.41. The average Bonchev–Trinajstić information content (AvgIpc) is 2.93. The number of hydrogen-bond acceptors (Lipinski definition) is 3. The number of methoxy groups -OCH3 is 2. The summed E-state index contributed by atoms with van der Waals surface area (Å²) in [7, 11) is 1.96. The molecule has 0 aromatic heterocycles. The molecule has 0 aliphatic carbocycles. The zero-order valence-corrected chi connectivity index (χ0v) is 23.4. The number of carbonyl (C=O) groups excluding carboxylic acids is 1. The number of ether oxygens (including phenoxy) is 2. The summed E-state index contributed by atoms with van der Waals surface area (Å²) in [6.07, 6.45) is -21.4. The smallest absolute Gasteiger partial charge is 0.416 e. The van der Waals surface area contributed by atoms with Crippen molar-refractivity contribution < 1.29 is 67.0 Å². The van der Waals surface area contributed by atoms with Crippen LogP contribution in [-0.4, -0.2) is 31.4 Å². The van der Waals surface area contributed by atoms with Crippen molar-refractivity contribution in [1.82, 2.24) is 4.90 Å². The van der Waals surface area contributed by atoms with Crippen LogP contribution in [0, 0.1) is 0 Å². The second kappa shape index (κ2) is 12.7. The molecular formula is C29H23F12NO3. The number of halogens is 12. The topological polar surface area (TPSA) is 38.8 Å². The van der Waals surface area contributed by atoms with Crippen molar-refractivity contribution in [2.75, 3.05) is 14.2 Å². The molecule has 0 saturated carbocycles. The van der Waals surface area contributed by atoms with E-state index < -0.39 is 72.1 Å². The van der Waals surface area contributed by atoms with Crippen LogP contribution in [0.2, 0.25) is 0 Å². The molecule has 0 heterocycles. The Kier molecular flexibility index (Phi) is 9.99. The van der Waals surface area contributed by atoms with Gasteiger partial charge in [-0.1, -0.05) is 12.1 Å². The summed E-state index contributed by atoms with van der Waals surface area (Å²) >= 11 is 0. The van der Waals surface area contributed by atoms with E-state index in [1.165, 1.54) is 0 Å². The summed E-state index contributed by atoms with van der Waals surface area (Å²) in [5, 5.41) is 0. The minimum absolute atomic E-state index is 0.0774. The Hall–Kier alpha value is -4.11. The molecule has 16 heteroatoms. The maximum absolute atomic E-state index is 13.7. The largest absolute Gasteiger partial charge is 0.496 e. The standard InChI is InChI=1S/C29H23F12NO3/c1-15(26(30,31)32)17-4-7-24(44-2)23(11-17)22-6-5-19(27(33,34)35)10-18(22)14-42(25(43)45-3)13-16-8-20(28(36,37)38)12-21(9-16)29(39,40)41/h4-12,15H,13-14H2,1-3H3. The number of benzene rings is 3. The van der Waals surface area contributed by atoms with Gasteiger partial charge >= 0.3 is 30.8 Å². The third-order valence-electron chi connectivity index (χ3n) is 6.75. The van der Waals surface area contributed by atoms with Crippen molar-refractivity contribution in [2.24, 2.45) is 0 Å². The molecule has 0 radical (unpaired) electrons. The SMILES string of the molecule is COC(=O)N(Cc1cc(C(F)(F)F)cc(C(F)(F)F)c1)Cc1cc(C(F)(F)F)ccc1-c1cc(C(C)C(F)(F)F)ccc1OC. The fraction of sp³-hybridized carbons (Fsp3) is 0.345. The highest BCUT2D eigenvalue weighted by Gasteiger charge is 2.39. The Morgan fingerprint density at radius 2 is 1.24 bits per heavy atom. The van der Waals surface area contributed by atoms with E-state index in [1.54, 1.807) is 0 Å². The summed E-state index contributed by atoms with van der Waals surface area (Å²) in [5.41, 5.74) is -6.30. The maximum Gasteiger partial charge on any atom is 0.416 e. The Morgan fingerprint density at radius 3 is 1.71 bits per heavy atom. The van der Waals surface area contributed by atoms with Crippen LogP contribution >= 0.6 is 0 Å². The van der Waals surface area contributed by atoms with Crippen molar-refractivity contribution in [3.05, 3.63) is 88.0 Å². The fourth-order valence-electron chi connectivity index (χ4n) is 4.41. The number of amides is 1. The van der Waals surface area contributed by atoms with Crippen LogP contribution in [0.4, 0.5) is 57.5 Å². The molecule has 4 nitrogen and oxygen atoms in total.